The summed E-state index contributed by atoms with van der Waals surface area (Å²) in [5.74, 6) is 0. The van der Waals surface area contributed by atoms with Crippen molar-refractivity contribution in [2.45, 2.75) is 27.2 Å². The van der Waals surface area contributed by atoms with Crippen LogP contribution < -0.4 is 0 Å². The highest BCUT2D eigenvalue weighted by atomic mass is 19.1. The Morgan fingerprint density at radius 2 is 1.68 bits per heavy atom. The first-order chi connectivity index (χ1) is 12.0. The number of allylic oxidation sites excluding steroid dienone is 6. The summed E-state index contributed by atoms with van der Waals surface area (Å²) in [6.07, 6.45) is 11.0. The highest BCUT2D eigenvalue weighted by Crippen LogP contribution is 2.36. The molecule has 3 rings (SSSR count). The molecule has 0 spiro atoms. The fourth-order valence-corrected chi connectivity index (χ4v) is 3.49. The van der Waals surface area contributed by atoms with Crippen molar-refractivity contribution < 1.29 is 4.39 Å². The number of rotatable bonds is 4. The van der Waals surface area contributed by atoms with E-state index >= 15 is 0 Å². The Morgan fingerprint density at radius 3 is 2.40 bits per heavy atom. The molecule has 0 saturated heterocycles. The first-order valence-electron chi connectivity index (χ1n) is 8.84. The van der Waals surface area contributed by atoms with Crippen LogP contribution in [0.5, 0.6) is 0 Å². The molecule has 0 N–H and O–H groups in total. The van der Waals surface area contributed by atoms with Crippen molar-refractivity contribution in [3.8, 4) is 11.1 Å². The highest BCUT2D eigenvalue weighted by Gasteiger charge is 2.21. The summed E-state index contributed by atoms with van der Waals surface area (Å²) in [4.78, 5) is 0. The van der Waals surface area contributed by atoms with Crippen LogP contribution in [0, 0.1) is 19.3 Å². The summed E-state index contributed by atoms with van der Waals surface area (Å²) in [7, 11) is 0. The van der Waals surface area contributed by atoms with Gasteiger partial charge in [0.25, 0.3) is 0 Å². The predicted octanol–water partition coefficient (Wildman–Crippen LogP) is 6.85. The molecule has 1 atom stereocenters. The minimum atomic E-state index is -0.313. The molecule has 0 bridgehead atoms. The number of hydrogen-bond donors (Lipinski definition) is 0. The molecule has 25 heavy (non-hydrogen) atoms. The lowest BCUT2D eigenvalue weighted by molar-refractivity contribution is 0.385. The van der Waals surface area contributed by atoms with Gasteiger partial charge in [-0.05, 0) is 53.7 Å². The van der Waals surface area contributed by atoms with E-state index in [1.807, 2.05) is 12.1 Å². The quantitative estimate of drug-likeness (QED) is 0.574. The van der Waals surface area contributed by atoms with Gasteiger partial charge in [0, 0.05) is 5.41 Å². The molecule has 2 aromatic rings. The molecular formula is C24H25F. The molecule has 1 aliphatic rings. The van der Waals surface area contributed by atoms with Gasteiger partial charge in [-0.15, -0.1) is 0 Å². The van der Waals surface area contributed by atoms with Crippen LogP contribution in [0.15, 0.2) is 72.8 Å². The van der Waals surface area contributed by atoms with Gasteiger partial charge in [0.05, 0.1) is 6.67 Å². The molecule has 0 aromatic heterocycles. The van der Waals surface area contributed by atoms with Gasteiger partial charge in [0.15, 0.2) is 0 Å². The van der Waals surface area contributed by atoms with Crippen LogP contribution in [0.1, 0.15) is 30.0 Å². The summed E-state index contributed by atoms with van der Waals surface area (Å²) < 4.78 is 13.0. The molecule has 0 heterocycles. The molecular weight excluding hydrogens is 307 g/mol. The van der Waals surface area contributed by atoms with E-state index in [2.05, 4.69) is 81.5 Å². The van der Waals surface area contributed by atoms with E-state index in [1.165, 1.54) is 33.4 Å². The average molecular weight is 332 g/mol. The standard InChI is InChI=1S/C24H25F/c1-18-15-22(20-9-5-4-6-10-20)19(2)23(16-18)21-11-7-8-12-24(3,17-21)13-14-25/h4-12,15-17H,13-14H2,1-3H3. The summed E-state index contributed by atoms with van der Waals surface area (Å²) in [5.41, 5.74) is 7.12. The second-order valence-corrected chi connectivity index (χ2v) is 7.11. The fourth-order valence-electron chi connectivity index (χ4n) is 3.49. The highest BCUT2D eigenvalue weighted by molar-refractivity contribution is 5.83. The van der Waals surface area contributed by atoms with Gasteiger partial charge in [-0.25, -0.2) is 0 Å². The van der Waals surface area contributed by atoms with E-state index in [-0.39, 0.29) is 12.1 Å². The van der Waals surface area contributed by atoms with Gasteiger partial charge in [0.1, 0.15) is 0 Å². The Bertz CT molecular complexity index is 840. The Hall–Kier alpha value is -2.41. The van der Waals surface area contributed by atoms with Crippen LogP contribution in [0.25, 0.3) is 16.7 Å². The molecule has 0 radical (unpaired) electrons. The Labute approximate surface area is 150 Å². The Kier molecular flexibility index (Phi) is 5.03. The van der Waals surface area contributed by atoms with Gasteiger partial charge in [-0.3, -0.25) is 4.39 Å². The van der Waals surface area contributed by atoms with Crippen molar-refractivity contribution in [3.05, 3.63) is 89.5 Å². The maximum atomic E-state index is 13.0. The topological polar surface area (TPSA) is 0 Å². The first kappa shape index (κ1) is 17.4. The third-order valence-electron chi connectivity index (χ3n) is 4.93. The minimum Gasteiger partial charge on any atom is -0.251 e. The largest absolute Gasteiger partial charge is 0.251 e. The fraction of sp³-hybridized carbons (Fsp3) is 0.250. The normalized spacial score (nSPS) is 19.6. The maximum absolute atomic E-state index is 13.0. The van der Waals surface area contributed by atoms with E-state index in [0.29, 0.717) is 6.42 Å². The number of halogens is 1. The molecule has 128 valence electrons. The smallest absolute Gasteiger partial charge is 0.0905 e. The molecule has 0 saturated carbocycles. The molecule has 1 unspecified atom stereocenters. The van der Waals surface area contributed by atoms with Crippen LogP contribution in [-0.2, 0) is 0 Å². The van der Waals surface area contributed by atoms with Crippen LogP contribution in [0.2, 0.25) is 0 Å². The van der Waals surface area contributed by atoms with Crippen LogP contribution in [-0.4, -0.2) is 6.67 Å². The summed E-state index contributed by atoms with van der Waals surface area (Å²) in [6.45, 7) is 6.10. The van der Waals surface area contributed by atoms with Crippen molar-refractivity contribution in [2.75, 3.05) is 6.67 Å². The molecule has 2 aromatic carbocycles. The van der Waals surface area contributed by atoms with Crippen molar-refractivity contribution in [1.82, 2.24) is 0 Å². The van der Waals surface area contributed by atoms with E-state index < -0.39 is 0 Å². The molecule has 1 heteroatoms. The van der Waals surface area contributed by atoms with Crippen molar-refractivity contribution in [2.24, 2.45) is 5.41 Å². The zero-order valence-electron chi connectivity index (χ0n) is 15.2. The lowest BCUT2D eigenvalue weighted by Gasteiger charge is -2.22. The third kappa shape index (κ3) is 3.82. The predicted molar refractivity (Wildman–Crippen MR) is 106 cm³/mol. The van der Waals surface area contributed by atoms with Gasteiger partial charge >= 0.3 is 0 Å². The van der Waals surface area contributed by atoms with E-state index in [1.54, 1.807) is 0 Å². The minimum absolute atomic E-state index is 0.253. The molecule has 0 amide bonds. The van der Waals surface area contributed by atoms with Gasteiger partial charge in [-0.2, -0.15) is 0 Å². The van der Waals surface area contributed by atoms with Crippen LogP contribution >= 0.6 is 0 Å². The zero-order valence-corrected chi connectivity index (χ0v) is 15.2. The van der Waals surface area contributed by atoms with E-state index in [0.717, 1.165) is 0 Å². The monoisotopic (exact) mass is 332 g/mol. The second kappa shape index (κ2) is 7.23. The third-order valence-corrected chi connectivity index (χ3v) is 4.93. The van der Waals surface area contributed by atoms with Crippen molar-refractivity contribution in [3.63, 3.8) is 0 Å². The molecule has 0 aliphatic heterocycles. The number of benzene rings is 2. The van der Waals surface area contributed by atoms with Crippen molar-refractivity contribution in [1.29, 1.82) is 0 Å². The van der Waals surface area contributed by atoms with E-state index in [4.69, 9.17) is 0 Å². The van der Waals surface area contributed by atoms with Crippen LogP contribution in [0.3, 0.4) is 0 Å². The second-order valence-electron chi connectivity index (χ2n) is 7.11. The zero-order chi connectivity index (χ0) is 17.9. The Morgan fingerprint density at radius 1 is 0.960 bits per heavy atom. The average Bonchev–Trinajstić information content (AvgIpc) is 2.79. The summed E-state index contributed by atoms with van der Waals surface area (Å²) >= 11 is 0. The van der Waals surface area contributed by atoms with E-state index in [9.17, 15) is 4.39 Å². The lowest BCUT2D eigenvalue weighted by atomic mass is 9.83. The first-order valence-corrected chi connectivity index (χ1v) is 8.84. The summed E-state index contributed by atoms with van der Waals surface area (Å²) in [5, 5.41) is 0. The molecule has 1 aliphatic carbocycles. The number of aryl methyl sites for hydroxylation is 1. The van der Waals surface area contributed by atoms with Crippen LogP contribution in [0.4, 0.5) is 4.39 Å². The SMILES string of the molecule is Cc1cc(C2=CC(C)(CCF)C=CC=C2)c(C)c(-c2ccccc2)c1. The molecule has 0 nitrogen and oxygen atoms in total. The van der Waals surface area contributed by atoms with Gasteiger partial charge < -0.3 is 0 Å². The Balaban J connectivity index is 2.14. The van der Waals surface area contributed by atoms with Gasteiger partial charge in [0.2, 0.25) is 0 Å². The summed E-state index contributed by atoms with van der Waals surface area (Å²) in [6, 6.07) is 15.0. The lowest BCUT2D eigenvalue weighted by Crippen LogP contribution is -2.11. The van der Waals surface area contributed by atoms with Crippen molar-refractivity contribution >= 4 is 5.57 Å². The molecule has 0 fully saturated rings. The van der Waals surface area contributed by atoms with Gasteiger partial charge in [-0.1, -0.05) is 79.8 Å². The number of hydrogen-bond acceptors (Lipinski definition) is 0. The number of alkyl halides is 1. The maximum Gasteiger partial charge on any atom is 0.0905 e.